The fourth-order valence-electron chi connectivity index (χ4n) is 0.494. The maximum Gasteiger partial charge on any atom is 0.336 e. The van der Waals surface area contributed by atoms with Gasteiger partial charge in [0.05, 0.1) is 0 Å². The van der Waals surface area contributed by atoms with Crippen molar-refractivity contribution in [2.24, 2.45) is 0 Å². The molecule has 0 N–H and O–H groups in total. The van der Waals surface area contributed by atoms with Crippen molar-refractivity contribution in [3.8, 4) is 0 Å². The summed E-state index contributed by atoms with van der Waals surface area (Å²) in [5, 5.41) is 0. The lowest BCUT2D eigenvalue weighted by molar-refractivity contribution is -0.144. The molecule has 0 aromatic rings. The molecule has 8 heavy (non-hydrogen) atoms. The predicted octanol–water partition coefficient (Wildman–Crippen LogP) is 0.785. The first-order valence-corrected chi connectivity index (χ1v) is 2.23. The molecule has 0 aromatic carbocycles. The van der Waals surface area contributed by atoms with E-state index in [9.17, 15) is 9.18 Å². The third-order valence-corrected chi connectivity index (χ3v) is 0.923. The summed E-state index contributed by atoms with van der Waals surface area (Å²) >= 11 is 0. The summed E-state index contributed by atoms with van der Waals surface area (Å²) in [6.07, 6.45) is -0.370. The summed E-state index contributed by atoms with van der Waals surface area (Å²) in [6, 6.07) is 0. The molecule has 0 fully saturated rings. The highest BCUT2D eigenvalue weighted by atomic mass is 19.1. The minimum absolute atomic E-state index is 0.345. The van der Waals surface area contributed by atoms with Gasteiger partial charge in [0, 0.05) is 5.57 Å². The zero-order valence-corrected chi connectivity index (χ0v) is 4.35. The van der Waals surface area contributed by atoms with Crippen molar-refractivity contribution in [3.63, 3.8) is 0 Å². The van der Waals surface area contributed by atoms with Crippen molar-refractivity contribution >= 4 is 5.97 Å². The van der Waals surface area contributed by atoms with Gasteiger partial charge in [-0.25, -0.2) is 4.79 Å². The fourth-order valence-corrected chi connectivity index (χ4v) is 0.494. The first-order valence-electron chi connectivity index (χ1n) is 2.23. The average molecular weight is 116 g/mol. The molecule has 1 aliphatic rings. The van der Waals surface area contributed by atoms with Gasteiger partial charge in [-0.15, -0.1) is 0 Å². The summed E-state index contributed by atoms with van der Waals surface area (Å²) in [5.74, 6) is -0.558. The van der Waals surface area contributed by atoms with Crippen molar-refractivity contribution in [2.75, 3.05) is 0 Å². The van der Waals surface area contributed by atoms with E-state index in [4.69, 9.17) is 0 Å². The monoisotopic (exact) mass is 116 g/mol. The van der Waals surface area contributed by atoms with E-state index in [0.717, 1.165) is 6.08 Å². The Morgan fingerprint density at radius 2 is 2.50 bits per heavy atom. The summed E-state index contributed by atoms with van der Waals surface area (Å²) in [4.78, 5) is 10.3. The molecule has 0 amide bonds. The SMILES string of the molecule is CC1=CC(F)OC1=O. The molecule has 0 radical (unpaired) electrons. The number of ether oxygens (including phenoxy) is 1. The number of carbonyl (C=O) groups is 1. The Bertz CT molecular complexity index is 151. The van der Waals surface area contributed by atoms with Crippen molar-refractivity contribution in [3.05, 3.63) is 11.6 Å². The molecule has 0 saturated heterocycles. The number of hydrogen-bond acceptors (Lipinski definition) is 2. The second-order valence-electron chi connectivity index (χ2n) is 1.61. The summed E-state index contributed by atoms with van der Waals surface area (Å²) in [5.41, 5.74) is 0.345. The van der Waals surface area contributed by atoms with Gasteiger partial charge in [0.2, 0.25) is 0 Å². The van der Waals surface area contributed by atoms with Gasteiger partial charge in [-0.3, -0.25) is 0 Å². The van der Waals surface area contributed by atoms with Gasteiger partial charge < -0.3 is 4.74 Å². The topological polar surface area (TPSA) is 26.3 Å². The Balaban J connectivity index is 2.73. The molecule has 1 atom stereocenters. The Hall–Kier alpha value is -0.860. The third-order valence-electron chi connectivity index (χ3n) is 0.923. The van der Waals surface area contributed by atoms with Crippen LogP contribution in [0.2, 0.25) is 0 Å². The Morgan fingerprint density at radius 1 is 1.88 bits per heavy atom. The molecule has 0 spiro atoms. The van der Waals surface area contributed by atoms with Gasteiger partial charge in [-0.05, 0) is 13.0 Å². The number of rotatable bonds is 0. The number of carbonyl (C=O) groups excluding carboxylic acids is 1. The van der Waals surface area contributed by atoms with Crippen LogP contribution in [0.25, 0.3) is 0 Å². The molecule has 0 bridgehead atoms. The van der Waals surface area contributed by atoms with Crippen molar-refractivity contribution < 1.29 is 13.9 Å². The third kappa shape index (κ3) is 0.710. The van der Waals surface area contributed by atoms with E-state index in [1.807, 2.05) is 0 Å². The highest BCUT2D eigenvalue weighted by Crippen LogP contribution is 2.12. The van der Waals surface area contributed by atoms with Gasteiger partial charge in [0.25, 0.3) is 6.36 Å². The van der Waals surface area contributed by atoms with Gasteiger partial charge in [-0.1, -0.05) is 0 Å². The maximum atomic E-state index is 11.9. The molecule has 2 nitrogen and oxygen atoms in total. The molecule has 0 aliphatic carbocycles. The largest absolute Gasteiger partial charge is 0.424 e. The van der Waals surface area contributed by atoms with Crippen LogP contribution in [-0.4, -0.2) is 12.3 Å². The second kappa shape index (κ2) is 1.58. The van der Waals surface area contributed by atoms with Crippen molar-refractivity contribution in [1.29, 1.82) is 0 Å². The molecule has 1 heterocycles. The lowest BCUT2D eigenvalue weighted by atomic mass is 10.3. The van der Waals surface area contributed by atoms with Gasteiger partial charge in [0.1, 0.15) is 0 Å². The maximum absolute atomic E-state index is 11.9. The van der Waals surface area contributed by atoms with Crippen LogP contribution < -0.4 is 0 Å². The Morgan fingerprint density at radius 3 is 2.62 bits per heavy atom. The number of hydrogen-bond donors (Lipinski definition) is 0. The molecular weight excluding hydrogens is 111 g/mol. The predicted molar refractivity (Wildman–Crippen MR) is 24.7 cm³/mol. The molecule has 1 unspecified atom stereocenters. The molecule has 0 saturated carbocycles. The quantitative estimate of drug-likeness (QED) is 0.437. The standard InChI is InChI=1S/C5H5FO2/c1-3-2-4(6)8-5(3)7/h2,4H,1H3. The summed E-state index contributed by atoms with van der Waals surface area (Å²) in [6.45, 7) is 1.52. The van der Waals surface area contributed by atoms with Gasteiger partial charge >= 0.3 is 5.97 Å². The fraction of sp³-hybridized carbons (Fsp3) is 0.400. The molecule has 0 aromatic heterocycles. The lowest BCUT2D eigenvalue weighted by Gasteiger charge is -1.92. The van der Waals surface area contributed by atoms with Crippen LogP contribution in [0.15, 0.2) is 11.6 Å². The average Bonchev–Trinajstić information content (AvgIpc) is 1.85. The minimum Gasteiger partial charge on any atom is -0.424 e. The van der Waals surface area contributed by atoms with Crippen molar-refractivity contribution in [2.45, 2.75) is 13.3 Å². The van der Waals surface area contributed by atoms with Crippen molar-refractivity contribution in [1.82, 2.24) is 0 Å². The van der Waals surface area contributed by atoms with Crippen LogP contribution >= 0.6 is 0 Å². The van der Waals surface area contributed by atoms with E-state index in [1.165, 1.54) is 6.92 Å². The molecular formula is C5H5FO2. The van der Waals surface area contributed by atoms with E-state index in [2.05, 4.69) is 4.74 Å². The highest BCUT2D eigenvalue weighted by Gasteiger charge is 2.20. The van der Waals surface area contributed by atoms with Gasteiger partial charge in [0.15, 0.2) is 0 Å². The van der Waals surface area contributed by atoms with Gasteiger partial charge in [-0.2, -0.15) is 4.39 Å². The summed E-state index contributed by atoms with van der Waals surface area (Å²) < 4.78 is 16.0. The molecule has 3 heteroatoms. The van der Waals surface area contributed by atoms with E-state index in [1.54, 1.807) is 0 Å². The van der Waals surface area contributed by atoms with E-state index >= 15 is 0 Å². The Kier molecular flexibility index (Phi) is 1.04. The molecule has 1 aliphatic heterocycles. The number of cyclic esters (lactones) is 1. The first kappa shape index (κ1) is 5.28. The zero-order chi connectivity index (χ0) is 6.15. The first-order chi connectivity index (χ1) is 3.70. The smallest absolute Gasteiger partial charge is 0.336 e. The van der Waals surface area contributed by atoms with E-state index in [0.29, 0.717) is 5.57 Å². The number of alkyl halides is 1. The van der Waals surface area contributed by atoms with Crippen LogP contribution in [0.5, 0.6) is 0 Å². The van der Waals surface area contributed by atoms with E-state index in [-0.39, 0.29) is 0 Å². The summed E-state index contributed by atoms with van der Waals surface area (Å²) in [7, 11) is 0. The van der Waals surface area contributed by atoms with Crippen LogP contribution in [0.3, 0.4) is 0 Å². The number of halogens is 1. The van der Waals surface area contributed by atoms with Crippen LogP contribution in [0.1, 0.15) is 6.92 Å². The van der Waals surface area contributed by atoms with Crippen LogP contribution in [0, 0.1) is 0 Å². The lowest BCUT2D eigenvalue weighted by Crippen LogP contribution is -2.00. The molecule has 44 valence electrons. The minimum atomic E-state index is -1.51. The normalized spacial score (nSPS) is 27.5. The number of esters is 1. The second-order valence-corrected chi connectivity index (χ2v) is 1.61. The van der Waals surface area contributed by atoms with Crippen LogP contribution in [-0.2, 0) is 9.53 Å². The van der Waals surface area contributed by atoms with Crippen LogP contribution in [0.4, 0.5) is 4.39 Å². The highest BCUT2D eigenvalue weighted by molar-refractivity contribution is 5.89. The zero-order valence-electron chi connectivity index (χ0n) is 4.35. The Labute approximate surface area is 45.9 Å². The molecule has 1 rings (SSSR count). The van der Waals surface area contributed by atoms with E-state index < -0.39 is 12.3 Å².